The van der Waals surface area contributed by atoms with Gasteiger partial charge in [-0.05, 0) is 76.5 Å². The largest absolute Gasteiger partial charge is 0.405 e. The number of hydrogen-bond acceptors (Lipinski definition) is 3. The van der Waals surface area contributed by atoms with Gasteiger partial charge in [-0.1, -0.05) is 142 Å². The summed E-state index contributed by atoms with van der Waals surface area (Å²) in [6, 6.07) is 36.7. The average Bonchev–Trinajstić information content (AvgIpc) is 3.11. The van der Waals surface area contributed by atoms with Gasteiger partial charge in [-0.25, -0.2) is 0 Å². The van der Waals surface area contributed by atoms with Crippen LogP contribution in [-0.4, -0.2) is 44.5 Å². The topological polar surface area (TPSA) is 38.8 Å². The van der Waals surface area contributed by atoms with Gasteiger partial charge in [0.1, 0.15) is 5.60 Å². The zero-order chi connectivity index (χ0) is 35.2. The predicted molar refractivity (Wildman–Crippen MR) is 207 cm³/mol. The molecule has 0 aromatic heterocycles. The Hall–Kier alpha value is -3.19. The van der Waals surface area contributed by atoms with E-state index >= 15 is 4.79 Å². The number of nitrogens with zero attached hydrogens (tertiary/aromatic N) is 1. The van der Waals surface area contributed by atoms with Gasteiger partial charge in [-0.2, -0.15) is 0 Å². The summed E-state index contributed by atoms with van der Waals surface area (Å²) in [6.45, 7) is 13.3. The summed E-state index contributed by atoms with van der Waals surface area (Å²) in [7, 11) is -1.23. The molecule has 0 unspecified atom stereocenters. The van der Waals surface area contributed by atoms with Gasteiger partial charge in [0.25, 0.3) is 14.2 Å². The standard InChI is InChI=1S/C42H49Cl2NO3Si/c1-7-9-27-42(47-6)29-38(32-17-16-18-34(44)28-32)39(31-23-25-33(43)26-24-31)45(40(42)46)35(8-2)30-48-49(41(3,4)5,36-19-12-10-13-20-36)37-21-14-11-15-22-37/h7,10-26,28,35,38-39H,1,8-9,27,29-30H2,2-6H3/t35-,38+,39+,42+/m0/s1. The second-order valence-electron chi connectivity index (χ2n) is 14.1. The maximum atomic E-state index is 15.2. The molecule has 1 amide bonds. The Morgan fingerprint density at radius 3 is 2.02 bits per heavy atom. The van der Waals surface area contributed by atoms with Crippen LogP contribution >= 0.6 is 23.2 Å². The lowest BCUT2D eigenvalue weighted by Crippen LogP contribution is -2.68. The number of benzene rings is 4. The van der Waals surface area contributed by atoms with Crippen molar-refractivity contribution in [3.05, 3.63) is 143 Å². The molecule has 0 N–H and O–H groups in total. The van der Waals surface area contributed by atoms with E-state index in [1.807, 2.05) is 48.5 Å². The number of rotatable bonds is 13. The van der Waals surface area contributed by atoms with Crippen LogP contribution in [0.1, 0.15) is 76.5 Å². The Labute approximate surface area is 304 Å². The van der Waals surface area contributed by atoms with E-state index in [4.69, 9.17) is 32.4 Å². The van der Waals surface area contributed by atoms with Crippen LogP contribution in [-0.2, 0) is 14.0 Å². The van der Waals surface area contributed by atoms with Gasteiger partial charge in [0.2, 0.25) is 0 Å². The van der Waals surface area contributed by atoms with Crippen molar-refractivity contribution < 1.29 is 14.0 Å². The van der Waals surface area contributed by atoms with Crippen LogP contribution in [0.3, 0.4) is 0 Å². The number of hydrogen-bond donors (Lipinski definition) is 0. The smallest absolute Gasteiger partial charge is 0.261 e. The van der Waals surface area contributed by atoms with Crippen LogP contribution in [0.5, 0.6) is 0 Å². The van der Waals surface area contributed by atoms with Crippen molar-refractivity contribution in [3.8, 4) is 0 Å². The fourth-order valence-electron chi connectivity index (χ4n) is 7.79. The third kappa shape index (κ3) is 7.47. The molecule has 4 aromatic carbocycles. The maximum Gasteiger partial charge on any atom is 0.261 e. The number of methoxy groups -OCH3 is 1. The van der Waals surface area contributed by atoms with Crippen LogP contribution in [0.15, 0.2) is 122 Å². The van der Waals surface area contributed by atoms with Gasteiger partial charge in [-0.3, -0.25) is 4.79 Å². The lowest BCUT2D eigenvalue weighted by Gasteiger charge is -2.53. The molecule has 4 atom stereocenters. The zero-order valence-electron chi connectivity index (χ0n) is 29.4. The van der Waals surface area contributed by atoms with Crippen LogP contribution in [0.25, 0.3) is 0 Å². The molecule has 0 aliphatic carbocycles. The highest BCUT2D eigenvalue weighted by Crippen LogP contribution is 2.50. The molecule has 1 heterocycles. The summed E-state index contributed by atoms with van der Waals surface area (Å²) in [5.41, 5.74) is 1.03. The van der Waals surface area contributed by atoms with E-state index in [0.29, 0.717) is 42.3 Å². The minimum absolute atomic E-state index is 0.0204. The van der Waals surface area contributed by atoms with E-state index in [1.165, 1.54) is 10.4 Å². The van der Waals surface area contributed by atoms with Crippen LogP contribution in [0, 0.1) is 0 Å². The molecule has 1 aliphatic heterocycles. The molecular weight excluding hydrogens is 665 g/mol. The third-order valence-electron chi connectivity index (χ3n) is 10.3. The number of piperidine rings is 1. The first-order valence-corrected chi connectivity index (χ1v) is 19.9. The highest BCUT2D eigenvalue weighted by Gasteiger charge is 2.55. The first-order chi connectivity index (χ1) is 23.5. The van der Waals surface area contributed by atoms with E-state index in [1.54, 1.807) is 7.11 Å². The normalized spacial score (nSPS) is 20.6. The van der Waals surface area contributed by atoms with Gasteiger partial charge in [0.15, 0.2) is 0 Å². The fourth-order valence-corrected chi connectivity index (χ4v) is 12.7. The molecule has 4 aromatic rings. The molecule has 49 heavy (non-hydrogen) atoms. The monoisotopic (exact) mass is 713 g/mol. The molecule has 5 rings (SSSR count). The molecule has 0 bridgehead atoms. The number of likely N-dealkylation sites (tertiary alicyclic amines) is 1. The van der Waals surface area contributed by atoms with Crippen molar-refractivity contribution in [2.75, 3.05) is 13.7 Å². The van der Waals surface area contributed by atoms with E-state index < -0.39 is 13.9 Å². The minimum atomic E-state index is -2.89. The Bertz CT molecular complexity index is 1650. The molecular formula is C42H49Cl2NO3Si. The average molecular weight is 715 g/mol. The Kier molecular flexibility index (Phi) is 11.9. The van der Waals surface area contributed by atoms with Crippen molar-refractivity contribution in [1.29, 1.82) is 0 Å². The summed E-state index contributed by atoms with van der Waals surface area (Å²) in [5.74, 6) is -0.128. The molecule has 4 nitrogen and oxygen atoms in total. The van der Waals surface area contributed by atoms with Gasteiger partial charge >= 0.3 is 0 Å². The molecule has 1 aliphatic rings. The van der Waals surface area contributed by atoms with Crippen molar-refractivity contribution in [2.45, 2.75) is 82.0 Å². The minimum Gasteiger partial charge on any atom is -0.405 e. The number of carbonyl (C=O) groups is 1. The second-order valence-corrected chi connectivity index (χ2v) is 19.3. The van der Waals surface area contributed by atoms with Gasteiger partial charge < -0.3 is 14.1 Å². The van der Waals surface area contributed by atoms with Crippen molar-refractivity contribution in [3.63, 3.8) is 0 Å². The molecule has 0 saturated carbocycles. The van der Waals surface area contributed by atoms with Gasteiger partial charge in [0.05, 0.1) is 18.7 Å². The molecule has 1 fully saturated rings. The predicted octanol–water partition coefficient (Wildman–Crippen LogP) is 9.76. The quantitative estimate of drug-likeness (QED) is 0.102. The Morgan fingerprint density at radius 2 is 1.51 bits per heavy atom. The van der Waals surface area contributed by atoms with Gasteiger partial charge in [-0.15, -0.1) is 6.58 Å². The van der Waals surface area contributed by atoms with Crippen molar-refractivity contribution in [2.24, 2.45) is 0 Å². The van der Waals surface area contributed by atoms with Crippen molar-refractivity contribution >= 4 is 47.8 Å². The summed E-state index contributed by atoms with van der Waals surface area (Å²) in [6.07, 6.45) is 4.24. The SMILES string of the molecule is C=CCC[C@@]1(OC)C[C@H](c2cccc(Cl)c2)[C@@H](c2ccc(Cl)cc2)N([C@@H](CC)CO[Si](c2ccccc2)(c2ccccc2)C(C)(C)C)C1=O. The number of ether oxygens (including phenoxy) is 1. The first kappa shape index (κ1) is 37.1. The molecule has 0 radical (unpaired) electrons. The lowest BCUT2D eigenvalue weighted by molar-refractivity contribution is -0.174. The number of amides is 1. The van der Waals surface area contributed by atoms with Crippen LogP contribution < -0.4 is 10.4 Å². The van der Waals surface area contributed by atoms with E-state index in [-0.39, 0.29) is 28.9 Å². The number of allylic oxidation sites excluding steroid dienone is 1. The molecule has 1 saturated heterocycles. The Morgan fingerprint density at radius 1 is 0.898 bits per heavy atom. The summed E-state index contributed by atoms with van der Waals surface area (Å²) < 4.78 is 13.8. The highest BCUT2D eigenvalue weighted by molar-refractivity contribution is 6.99. The van der Waals surface area contributed by atoms with Crippen LogP contribution in [0.2, 0.25) is 15.1 Å². The maximum absolute atomic E-state index is 15.2. The highest BCUT2D eigenvalue weighted by atomic mass is 35.5. The van der Waals surface area contributed by atoms with Gasteiger partial charge in [0, 0.05) is 23.1 Å². The molecule has 258 valence electrons. The van der Waals surface area contributed by atoms with E-state index in [9.17, 15) is 0 Å². The Balaban J connectivity index is 1.69. The zero-order valence-corrected chi connectivity index (χ0v) is 31.9. The number of halogens is 2. The fraction of sp³-hybridized carbons (Fsp3) is 0.357. The van der Waals surface area contributed by atoms with E-state index in [2.05, 4.69) is 106 Å². The molecule has 0 spiro atoms. The summed E-state index contributed by atoms with van der Waals surface area (Å²) >= 11 is 13.0. The van der Waals surface area contributed by atoms with E-state index in [0.717, 1.165) is 11.1 Å². The summed E-state index contributed by atoms with van der Waals surface area (Å²) in [5, 5.41) is 3.51. The van der Waals surface area contributed by atoms with Crippen molar-refractivity contribution in [1.82, 2.24) is 4.90 Å². The lowest BCUT2D eigenvalue weighted by atomic mass is 9.71. The molecule has 7 heteroatoms. The second kappa shape index (κ2) is 15.8. The first-order valence-electron chi connectivity index (χ1n) is 17.3. The number of carbonyl (C=O) groups excluding carboxylic acids is 1. The van der Waals surface area contributed by atoms with Crippen LogP contribution in [0.4, 0.5) is 0 Å². The third-order valence-corrected chi connectivity index (χ3v) is 15.8. The summed E-state index contributed by atoms with van der Waals surface area (Å²) in [4.78, 5) is 17.3.